The molecule has 0 spiro atoms. The fourth-order valence-electron chi connectivity index (χ4n) is 5.09. The van der Waals surface area contributed by atoms with Crippen LogP contribution in [0, 0.1) is 0 Å². The van der Waals surface area contributed by atoms with Gasteiger partial charge in [-0.2, -0.15) is 21.6 Å². The Labute approximate surface area is 233 Å². The van der Waals surface area contributed by atoms with Crippen LogP contribution in [-0.2, 0) is 19.5 Å². The van der Waals surface area contributed by atoms with E-state index in [0.29, 0.717) is 12.6 Å². The predicted molar refractivity (Wildman–Crippen MR) is 155 cm³/mol. The molecular formula is C31H38F3O3PS. The SMILES string of the molecule is O=S(=O)(OPCCCCCCCCCCCC(c1ccccc1)(c1ccccc1)c1ccccc1)C(F)(F)F. The lowest BCUT2D eigenvalue weighted by molar-refractivity contribution is -0.0495. The van der Waals surface area contributed by atoms with Crippen molar-refractivity contribution in [2.45, 2.75) is 75.1 Å². The third-order valence-electron chi connectivity index (χ3n) is 7.08. The second-order valence-corrected chi connectivity index (χ2v) is 12.6. The topological polar surface area (TPSA) is 43.4 Å². The van der Waals surface area contributed by atoms with E-state index in [-0.39, 0.29) is 5.41 Å². The van der Waals surface area contributed by atoms with E-state index in [1.807, 2.05) is 0 Å². The molecule has 1 atom stereocenters. The molecule has 0 heterocycles. The van der Waals surface area contributed by atoms with Crippen LogP contribution in [0.4, 0.5) is 13.2 Å². The second-order valence-electron chi connectivity index (χ2n) is 9.81. The Balaban J connectivity index is 1.42. The number of alkyl halides is 3. The molecule has 0 aliphatic rings. The normalized spacial score (nSPS) is 12.8. The van der Waals surface area contributed by atoms with E-state index in [4.69, 9.17) is 0 Å². The van der Waals surface area contributed by atoms with Gasteiger partial charge in [0.25, 0.3) is 0 Å². The molecule has 8 heteroatoms. The van der Waals surface area contributed by atoms with Crippen LogP contribution in [0.5, 0.6) is 0 Å². The van der Waals surface area contributed by atoms with Crippen molar-refractivity contribution >= 4 is 18.9 Å². The monoisotopic (exact) mass is 578 g/mol. The Kier molecular flexibility index (Phi) is 12.5. The van der Waals surface area contributed by atoms with Crippen molar-refractivity contribution < 1.29 is 25.6 Å². The van der Waals surface area contributed by atoms with E-state index < -0.39 is 24.4 Å². The lowest BCUT2D eigenvalue weighted by atomic mass is 9.66. The minimum absolute atomic E-state index is 0.201. The summed E-state index contributed by atoms with van der Waals surface area (Å²) in [5.74, 6) is 0. The Hall–Kier alpha value is -2.21. The summed E-state index contributed by atoms with van der Waals surface area (Å²) < 4.78 is 62.5. The van der Waals surface area contributed by atoms with Gasteiger partial charge in [0.05, 0.1) is 0 Å². The zero-order valence-electron chi connectivity index (χ0n) is 22.2. The van der Waals surface area contributed by atoms with Crippen LogP contribution in [-0.4, -0.2) is 20.1 Å². The average Bonchev–Trinajstić information content (AvgIpc) is 2.94. The lowest BCUT2D eigenvalue weighted by Crippen LogP contribution is -2.29. The van der Waals surface area contributed by atoms with Gasteiger partial charge in [0.15, 0.2) is 0 Å². The first-order valence-corrected chi connectivity index (χ1v) is 16.2. The van der Waals surface area contributed by atoms with Gasteiger partial charge in [-0.3, -0.25) is 0 Å². The summed E-state index contributed by atoms with van der Waals surface area (Å²) >= 11 is 0. The Morgan fingerprint density at radius 1 is 0.564 bits per heavy atom. The van der Waals surface area contributed by atoms with Crippen molar-refractivity contribution in [2.24, 2.45) is 0 Å². The maximum absolute atomic E-state index is 12.2. The standard InChI is InChI=1S/C31H38F3O3PS/c32-31(33,34)39(35,36)37-38-26-18-7-5-3-1-2-4-6-17-25-30(27-19-11-8-12-20-27,28-21-13-9-14-22-28)29-23-15-10-16-24-29/h8-16,19-24,38H,1-7,17-18,25-26H2. The van der Waals surface area contributed by atoms with Gasteiger partial charge in [-0.15, -0.1) is 0 Å². The highest BCUT2D eigenvalue weighted by molar-refractivity contribution is 7.90. The molecule has 0 amide bonds. The largest absolute Gasteiger partial charge is 0.523 e. The number of benzene rings is 3. The van der Waals surface area contributed by atoms with Crippen molar-refractivity contribution in [1.82, 2.24) is 0 Å². The lowest BCUT2D eigenvalue weighted by Gasteiger charge is -2.36. The van der Waals surface area contributed by atoms with Gasteiger partial charge in [-0.1, -0.05) is 142 Å². The van der Waals surface area contributed by atoms with Crippen molar-refractivity contribution in [3.63, 3.8) is 0 Å². The quantitative estimate of drug-likeness (QED) is 0.0694. The molecule has 0 radical (unpaired) electrons. The van der Waals surface area contributed by atoms with E-state index in [0.717, 1.165) is 51.4 Å². The third-order valence-corrected chi connectivity index (χ3v) is 9.56. The summed E-state index contributed by atoms with van der Waals surface area (Å²) in [5.41, 5.74) is -1.61. The van der Waals surface area contributed by atoms with Crippen LogP contribution in [0.3, 0.4) is 0 Å². The van der Waals surface area contributed by atoms with Gasteiger partial charge >= 0.3 is 15.6 Å². The molecule has 0 aliphatic carbocycles. The van der Waals surface area contributed by atoms with Crippen LogP contribution in [0.1, 0.15) is 80.9 Å². The highest BCUT2D eigenvalue weighted by Gasteiger charge is 2.47. The summed E-state index contributed by atoms with van der Waals surface area (Å²) in [6.45, 7) is 0. The molecule has 0 aliphatic heterocycles. The van der Waals surface area contributed by atoms with Crippen LogP contribution in [0.25, 0.3) is 0 Å². The Morgan fingerprint density at radius 3 is 1.31 bits per heavy atom. The van der Waals surface area contributed by atoms with Crippen LogP contribution in [0.2, 0.25) is 0 Å². The number of rotatable bonds is 17. The zero-order valence-corrected chi connectivity index (χ0v) is 24.0. The molecule has 1 unspecified atom stereocenters. The van der Waals surface area contributed by atoms with E-state index in [1.165, 1.54) is 23.1 Å². The van der Waals surface area contributed by atoms with Gasteiger partial charge < -0.3 is 0 Å². The van der Waals surface area contributed by atoms with Gasteiger partial charge in [0.1, 0.15) is 0 Å². The average molecular weight is 579 g/mol. The summed E-state index contributed by atoms with van der Waals surface area (Å²) in [6.07, 6.45) is 10.7. The fourth-order valence-corrected chi connectivity index (χ4v) is 6.82. The van der Waals surface area contributed by atoms with Crippen LogP contribution >= 0.6 is 8.81 Å². The Bertz CT molecular complexity index is 1090. The summed E-state index contributed by atoms with van der Waals surface area (Å²) in [5, 5.41) is 0. The molecule has 0 bridgehead atoms. The van der Waals surface area contributed by atoms with Crippen molar-refractivity contribution in [3.05, 3.63) is 108 Å². The van der Waals surface area contributed by atoms with Crippen LogP contribution < -0.4 is 0 Å². The maximum Gasteiger partial charge on any atom is 0.523 e. The fraction of sp³-hybridized carbons (Fsp3) is 0.419. The summed E-state index contributed by atoms with van der Waals surface area (Å²) in [6, 6.07) is 32.3. The number of hydrogen-bond donors (Lipinski definition) is 0. The molecule has 212 valence electrons. The third kappa shape index (κ3) is 9.16. The first kappa shape index (κ1) is 31.3. The van der Waals surface area contributed by atoms with E-state index in [2.05, 4.69) is 95.0 Å². The number of unbranched alkanes of at least 4 members (excludes halogenated alkanes) is 8. The molecule has 39 heavy (non-hydrogen) atoms. The molecule has 3 rings (SSSR count). The Morgan fingerprint density at radius 2 is 0.923 bits per heavy atom. The van der Waals surface area contributed by atoms with E-state index in [1.54, 1.807) is 0 Å². The van der Waals surface area contributed by atoms with Gasteiger partial charge in [-0.05, 0) is 35.7 Å². The van der Waals surface area contributed by atoms with Crippen molar-refractivity contribution in [3.8, 4) is 0 Å². The predicted octanol–water partition coefficient (Wildman–Crippen LogP) is 9.38. The smallest absolute Gasteiger partial charge is 0.244 e. The first-order chi connectivity index (χ1) is 18.8. The molecule has 0 saturated carbocycles. The zero-order chi connectivity index (χ0) is 28.0. The van der Waals surface area contributed by atoms with E-state index in [9.17, 15) is 21.6 Å². The van der Waals surface area contributed by atoms with Crippen LogP contribution in [0.15, 0.2) is 91.0 Å². The first-order valence-electron chi connectivity index (χ1n) is 13.7. The molecular weight excluding hydrogens is 540 g/mol. The molecule has 0 saturated heterocycles. The molecule has 0 aromatic heterocycles. The molecule has 3 nitrogen and oxygen atoms in total. The summed E-state index contributed by atoms with van der Waals surface area (Å²) in [7, 11) is -6.13. The van der Waals surface area contributed by atoms with Gasteiger partial charge in [0.2, 0.25) is 0 Å². The van der Waals surface area contributed by atoms with Crippen molar-refractivity contribution in [2.75, 3.05) is 6.16 Å². The molecule has 0 fully saturated rings. The minimum Gasteiger partial charge on any atom is -0.244 e. The number of halogens is 3. The van der Waals surface area contributed by atoms with Gasteiger partial charge in [-0.25, -0.2) is 3.97 Å². The molecule has 3 aromatic rings. The molecule has 0 N–H and O–H groups in total. The highest BCUT2D eigenvalue weighted by atomic mass is 32.2. The summed E-state index contributed by atoms with van der Waals surface area (Å²) in [4.78, 5) is 0. The molecule has 3 aromatic carbocycles. The second kappa shape index (κ2) is 15.5. The van der Waals surface area contributed by atoms with E-state index >= 15 is 0 Å². The van der Waals surface area contributed by atoms with Gasteiger partial charge in [0, 0.05) is 14.2 Å². The maximum atomic E-state index is 12.2. The number of hydrogen-bond acceptors (Lipinski definition) is 3. The van der Waals surface area contributed by atoms with Crippen molar-refractivity contribution in [1.29, 1.82) is 0 Å². The highest BCUT2D eigenvalue weighted by Crippen LogP contribution is 2.43. The minimum atomic E-state index is -5.45.